The third-order valence-electron chi connectivity index (χ3n) is 5.27. The Bertz CT molecular complexity index is 683. The predicted octanol–water partition coefficient (Wildman–Crippen LogP) is 2.06. The third kappa shape index (κ3) is 7.42. The lowest BCUT2D eigenvalue weighted by atomic mass is 9.96. The number of nitrogens with zero attached hydrogens (tertiary/aromatic N) is 1. The van der Waals surface area contributed by atoms with Gasteiger partial charge in [-0.15, -0.1) is 0 Å². The number of unbranched alkanes of at least 4 members (excludes halogenated alkanes) is 2. The molecule has 1 aromatic rings. The maximum Gasteiger partial charge on any atom is 0.247 e. The molecule has 0 aliphatic carbocycles. The third-order valence-corrected chi connectivity index (χ3v) is 5.27. The van der Waals surface area contributed by atoms with Gasteiger partial charge in [0.15, 0.2) is 0 Å². The van der Waals surface area contributed by atoms with E-state index in [0.717, 1.165) is 31.2 Å². The molecule has 0 unspecified atom stereocenters. The molecule has 0 spiro atoms. The SMILES string of the molecule is CCCCC[C@H](CC(=O)N1NCCC[C@H]1C(=O)NC)C(=O)NOCc1ccccc1. The quantitative estimate of drug-likeness (QED) is 0.377. The molecule has 0 radical (unpaired) electrons. The van der Waals surface area contributed by atoms with Crippen LogP contribution < -0.4 is 16.2 Å². The molecule has 0 aromatic heterocycles. The topological polar surface area (TPSA) is 99.8 Å². The molecule has 3 N–H and O–H groups in total. The van der Waals surface area contributed by atoms with Gasteiger partial charge in [-0.2, -0.15) is 0 Å². The summed E-state index contributed by atoms with van der Waals surface area (Å²) in [5.74, 6) is -1.26. The van der Waals surface area contributed by atoms with Crippen LogP contribution in [0.4, 0.5) is 0 Å². The smallest absolute Gasteiger partial charge is 0.247 e. The van der Waals surface area contributed by atoms with E-state index in [-0.39, 0.29) is 30.7 Å². The minimum atomic E-state index is -0.551. The van der Waals surface area contributed by atoms with Crippen molar-refractivity contribution >= 4 is 17.7 Å². The number of benzene rings is 1. The number of hydrazine groups is 1. The van der Waals surface area contributed by atoms with Crippen molar-refractivity contribution in [3.63, 3.8) is 0 Å². The Morgan fingerprint density at radius 3 is 2.70 bits per heavy atom. The van der Waals surface area contributed by atoms with E-state index in [1.54, 1.807) is 7.05 Å². The van der Waals surface area contributed by atoms with Crippen molar-refractivity contribution in [2.45, 2.75) is 64.5 Å². The lowest BCUT2D eigenvalue weighted by Crippen LogP contribution is -2.58. The maximum atomic E-state index is 12.9. The molecule has 3 amide bonds. The Hall–Kier alpha value is -2.45. The number of hydrogen-bond donors (Lipinski definition) is 3. The molecule has 2 atom stereocenters. The van der Waals surface area contributed by atoms with Gasteiger partial charge in [-0.25, -0.2) is 10.9 Å². The molecule has 8 heteroatoms. The summed E-state index contributed by atoms with van der Waals surface area (Å²) in [4.78, 5) is 43.2. The average Bonchev–Trinajstić information content (AvgIpc) is 2.78. The monoisotopic (exact) mass is 418 g/mol. The highest BCUT2D eigenvalue weighted by Gasteiger charge is 2.34. The van der Waals surface area contributed by atoms with Crippen LogP contribution in [0.25, 0.3) is 0 Å². The van der Waals surface area contributed by atoms with Gasteiger partial charge in [-0.1, -0.05) is 56.5 Å². The Morgan fingerprint density at radius 1 is 1.23 bits per heavy atom. The van der Waals surface area contributed by atoms with Gasteiger partial charge in [-0.05, 0) is 24.8 Å². The highest BCUT2D eigenvalue weighted by molar-refractivity contribution is 5.89. The van der Waals surface area contributed by atoms with Crippen molar-refractivity contribution in [1.82, 2.24) is 21.2 Å². The molecule has 1 heterocycles. The van der Waals surface area contributed by atoms with Crippen LogP contribution in [0.15, 0.2) is 30.3 Å². The number of rotatable bonds is 11. The second kappa shape index (κ2) is 13.0. The summed E-state index contributed by atoms with van der Waals surface area (Å²) in [5.41, 5.74) is 6.47. The Labute approximate surface area is 178 Å². The molecule has 1 saturated heterocycles. The average molecular weight is 419 g/mol. The van der Waals surface area contributed by atoms with Gasteiger partial charge in [0.05, 0.1) is 6.61 Å². The van der Waals surface area contributed by atoms with Crippen molar-refractivity contribution < 1.29 is 19.2 Å². The minimum absolute atomic E-state index is 0.0325. The zero-order valence-corrected chi connectivity index (χ0v) is 18.0. The standard InChI is InChI=1S/C22H34N4O4/c1-3-4-6-12-18(21(28)25-30-16-17-10-7-5-8-11-17)15-20(27)26-19(22(29)23-2)13-9-14-24-26/h5,7-8,10-11,18-19,24H,3-4,6,9,12-16H2,1-2H3,(H,23,29)(H,25,28)/t18-,19+/m1/s1. The summed E-state index contributed by atoms with van der Waals surface area (Å²) < 4.78 is 0. The summed E-state index contributed by atoms with van der Waals surface area (Å²) in [7, 11) is 1.56. The molecule has 30 heavy (non-hydrogen) atoms. The first-order valence-electron chi connectivity index (χ1n) is 10.8. The Morgan fingerprint density at radius 2 is 2.00 bits per heavy atom. The van der Waals surface area contributed by atoms with Crippen LogP contribution in [0.1, 0.15) is 57.4 Å². The normalized spacial score (nSPS) is 17.3. The first kappa shape index (κ1) is 23.8. The van der Waals surface area contributed by atoms with E-state index >= 15 is 0 Å². The summed E-state index contributed by atoms with van der Waals surface area (Å²) >= 11 is 0. The van der Waals surface area contributed by atoms with Gasteiger partial charge in [0.25, 0.3) is 0 Å². The Kier molecular flexibility index (Phi) is 10.3. The fourth-order valence-corrected chi connectivity index (χ4v) is 3.54. The van der Waals surface area contributed by atoms with E-state index in [0.29, 0.717) is 19.4 Å². The fourth-order valence-electron chi connectivity index (χ4n) is 3.54. The van der Waals surface area contributed by atoms with Crippen molar-refractivity contribution in [2.24, 2.45) is 5.92 Å². The summed E-state index contributed by atoms with van der Waals surface area (Å²) in [5, 5.41) is 4.00. The summed E-state index contributed by atoms with van der Waals surface area (Å²) in [6.45, 7) is 2.98. The highest BCUT2D eigenvalue weighted by Crippen LogP contribution is 2.19. The lowest BCUT2D eigenvalue weighted by molar-refractivity contribution is -0.150. The second-order valence-electron chi connectivity index (χ2n) is 7.58. The van der Waals surface area contributed by atoms with Crippen LogP contribution in [0.2, 0.25) is 0 Å². The number of nitrogens with one attached hydrogen (secondary N) is 3. The van der Waals surface area contributed by atoms with Crippen molar-refractivity contribution in [3.05, 3.63) is 35.9 Å². The second-order valence-corrected chi connectivity index (χ2v) is 7.58. The van der Waals surface area contributed by atoms with Crippen LogP contribution in [0.3, 0.4) is 0 Å². The van der Waals surface area contributed by atoms with Crippen LogP contribution >= 0.6 is 0 Å². The lowest BCUT2D eigenvalue weighted by Gasteiger charge is -2.35. The van der Waals surface area contributed by atoms with Gasteiger partial charge >= 0.3 is 0 Å². The molecule has 0 bridgehead atoms. The van der Waals surface area contributed by atoms with Gasteiger partial charge in [0, 0.05) is 25.9 Å². The van der Waals surface area contributed by atoms with Crippen LogP contribution in [-0.2, 0) is 25.8 Å². The van der Waals surface area contributed by atoms with E-state index in [1.165, 1.54) is 5.01 Å². The molecule has 1 fully saturated rings. The van der Waals surface area contributed by atoms with Crippen molar-refractivity contribution in [1.29, 1.82) is 0 Å². The number of hydrogen-bond acceptors (Lipinski definition) is 5. The molecule has 2 rings (SSSR count). The highest BCUT2D eigenvalue weighted by atomic mass is 16.6. The van der Waals surface area contributed by atoms with Gasteiger partial charge in [0.1, 0.15) is 6.04 Å². The first-order valence-corrected chi connectivity index (χ1v) is 10.8. The predicted molar refractivity (Wildman–Crippen MR) is 114 cm³/mol. The van der Waals surface area contributed by atoms with E-state index in [4.69, 9.17) is 4.84 Å². The minimum Gasteiger partial charge on any atom is -0.357 e. The maximum absolute atomic E-state index is 12.9. The van der Waals surface area contributed by atoms with Crippen LogP contribution in [-0.4, -0.2) is 42.4 Å². The molecule has 8 nitrogen and oxygen atoms in total. The van der Waals surface area contributed by atoms with Crippen molar-refractivity contribution in [2.75, 3.05) is 13.6 Å². The number of amides is 3. The molecule has 1 aliphatic heterocycles. The van der Waals surface area contributed by atoms with Gasteiger partial charge < -0.3 is 5.32 Å². The largest absolute Gasteiger partial charge is 0.357 e. The molecular weight excluding hydrogens is 384 g/mol. The van der Waals surface area contributed by atoms with E-state index in [2.05, 4.69) is 23.1 Å². The molecule has 1 aromatic carbocycles. The van der Waals surface area contributed by atoms with Gasteiger partial charge in [0.2, 0.25) is 17.7 Å². The van der Waals surface area contributed by atoms with Crippen LogP contribution in [0.5, 0.6) is 0 Å². The molecule has 1 aliphatic rings. The summed E-state index contributed by atoms with van der Waals surface area (Å²) in [6.07, 6.45) is 4.92. The Balaban J connectivity index is 1.95. The van der Waals surface area contributed by atoms with E-state index < -0.39 is 12.0 Å². The van der Waals surface area contributed by atoms with E-state index in [9.17, 15) is 14.4 Å². The molecular formula is C22H34N4O4. The first-order chi connectivity index (χ1) is 14.6. The van der Waals surface area contributed by atoms with Crippen LogP contribution in [0, 0.1) is 5.92 Å². The van der Waals surface area contributed by atoms with E-state index in [1.807, 2.05) is 30.3 Å². The van der Waals surface area contributed by atoms with Crippen molar-refractivity contribution in [3.8, 4) is 0 Å². The fraction of sp³-hybridized carbons (Fsp3) is 0.591. The molecule has 0 saturated carbocycles. The number of likely N-dealkylation sites (N-methyl/N-ethyl adjacent to an activating group) is 1. The summed E-state index contributed by atoms with van der Waals surface area (Å²) in [6, 6.07) is 9.00. The zero-order chi connectivity index (χ0) is 21.8. The number of carbonyl (C=O) groups excluding carboxylic acids is 3. The molecule has 166 valence electrons. The zero-order valence-electron chi connectivity index (χ0n) is 18.0. The number of hydroxylamine groups is 1. The number of carbonyl (C=O) groups is 3. The van der Waals surface area contributed by atoms with Gasteiger partial charge in [-0.3, -0.25) is 24.2 Å².